The van der Waals surface area contributed by atoms with Crippen molar-refractivity contribution in [1.82, 2.24) is 15.2 Å². The lowest BCUT2D eigenvalue weighted by molar-refractivity contribution is 0.344. The highest BCUT2D eigenvalue weighted by Crippen LogP contribution is 2.26. The molecule has 19 heavy (non-hydrogen) atoms. The van der Waals surface area contributed by atoms with Gasteiger partial charge in [0, 0.05) is 19.1 Å². The predicted octanol–water partition coefficient (Wildman–Crippen LogP) is 1.56. The number of nitrogens with two attached hydrogens (primary N) is 1. The third-order valence-electron chi connectivity index (χ3n) is 4.11. The molecule has 2 heterocycles. The zero-order chi connectivity index (χ0) is 13.8. The number of piperidine rings is 1. The summed E-state index contributed by atoms with van der Waals surface area (Å²) in [5.74, 6) is 1.36. The summed E-state index contributed by atoms with van der Waals surface area (Å²) >= 11 is 0. The number of hydrogen-bond acceptors (Lipinski definition) is 5. The first-order valence-corrected chi connectivity index (χ1v) is 7.40. The molecule has 0 aliphatic carbocycles. The molecule has 1 aromatic rings. The van der Waals surface area contributed by atoms with E-state index in [0.717, 1.165) is 36.7 Å². The van der Waals surface area contributed by atoms with Crippen LogP contribution in [0.4, 0.5) is 5.95 Å². The molecule has 2 N–H and O–H groups in total. The van der Waals surface area contributed by atoms with E-state index in [-0.39, 0.29) is 0 Å². The third kappa shape index (κ3) is 2.86. The van der Waals surface area contributed by atoms with Crippen LogP contribution in [0.15, 0.2) is 0 Å². The molecule has 1 fully saturated rings. The molecule has 1 aliphatic rings. The zero-order valence-electron chi connectivity index (χ0n) is 12.3. The van der Waals surface area contributed by atoms with Crippen molar-refractivity contribution >= 4 is 5.95 Å². The lowest BCUT2D eigenvalue weighted by atomic mass is 9.91. The zero-order valence-corrected chi connectivity index (χ0v) is 12.3. The summed E-state index contributed by atoms with van der Waals surface area (Å²) in [5.41, 5.74) is 8.02. The molecule has 5 nitrogen and oxygen atoms in total. The summed E-state index contributed by atoms with van der Waals surface area (Å²) in [6.07, 6.45) is 4.21. The van der Waals surface area contributed by atoms with E-state index in [1.165, 1.54) is 12.8 Å². The number of aromatic nitrogens is 3. The van der Waals surface area contributed by atoms with Crippen molar-refractivity contribution in [1.29, 1.82) is 0 Å². The van der Waals surface area contributed by atoms with Gasteiger partial charge >= 0.3 is 0 Å². The van der Waals surface area contributed by atoms with Crippen molar-refractivity contribution in [3.8, 4) is 0 Å². The van der Waals surface area contributed by atoms with E-state index < -0.39 is 0 Å². The van der Waals surface area contributed by atoms with Gasteiger partial charge in [0.25, 0.3) is 0 Å². The summed E-state index contributed by atoms with van der Waals surface area (Å²) in [4.78, 5) is 6.96. The maximum Gasteiger partial charge on any atom is 0.245 e. The molecular weight excluding hydrogens is 238 g/mol. The van der Waals surface area contributed by atoms with Crippen LogP contribution in [0.2, 0.25) is 0 Å². The molecule has 2 atom stereocenters. The fourth-order valence-corrected chi connectivity index (χ4v) is 2.91. The van der Waals surface area contributed by atoms with Crippen LogP contribution in [-0.2, 0) is 12.8 Å². The van der Waals surface area contributed by atoms with E-state index in [1.54, 1.807) is 0 Å². The lowest BCUT2D eigenvalue weighted by Gasteiger charge is -2.39. The van der Waals surface area contributed by atoms with Gasteiger partial charge in [-0.2, -0.15) is 5.10 Å². The van der Waals surface area contributed by atoms with Crippen LogP contribution in [-0.4, -0.2) is 34.3 Å². The van der Waals surface area contributed by atoms with Crippen LogP contribution < -0.4 is 10.6 Å². The molecule has 106 valence electrons. The normalized spacial score (nSPS) is 23.7. The minimum atomic E-state index is 0.340. The Bertz CT molecular complexity index is 420. The Labute approximate surface area is 115 Å². The van der Waals surface area contributed by atoms with E-state index in [9.17, 15) is 0 Å². The molecule has 0 radical (unpaired) electrons. The molecule has 1 saturated heterocycles. The lowest BCUT2D eigenvalue weighted by Crippen LogP contribution is -2.49. The summed E-state index contributed by atoms with van der Waals surface area (Å²) in [5, 5.41) is 8.67. The second-order valence-corrected chi connectivity index (χ2v) is 5.33. The van der Waals surface area contributed by atoms with Crippen LogP contribution in [0.1, 0.15) is 45.0 Å². The second kappa shape index (κ2) is 6.28. The molecule has 2 unspecified atom stereocenters. The Morgan fingerprint density at radius 2 is 1.95 bits per heavy atom. The van der Waals surface area contributed by atoms with Gasteiger partial charge in [-0.25, -0.2) is 4.98 Å². The fourth-order valence-electron chi connectivity index (χ4n) is 2.91. The summed E-state index contributed by atoms with van der Waals surface area (Å²) in [7, 11) is 0. The van der Waals surface area contributed by atoms with E-state index in [0.29, 0.717) is 18.5 Å². The van der Waals surface area contributed by atoms with E-state index in [2.05, 4.69) is 35.9 Å². The van der Waals surface area contributed by atoms with Crippen LogP contribution in [0.3, 0.4) is 0 Å². The monoisotopic (exact) mass is 263 g/mol. The first-order chi connectivity index (χ1) is 9.21. The fraction of sp³-hybridized carbons (Fsp3) is 0.786. The minimum Gasteiger partial charge on any atom is -0.335 e. The van der Waals surface area contributed by atoms with Gasteiger partial charge < -0.3 is 10.6 Å². The van der Waals surface area contributed by atoms with Gasteiger partial charge in [0.05, 0.1) is 11.4 Å². The van der Waals surface area contributed by atoms with Crippen LogP contribution in [0.5, 0.6) is 0 Å². The Hall–Kier alpha value is -1.23. The minimum absolute atomic E-state index is 0.340. The maximum atomic E-state index is 5.93. The maximum absolute atomic E-state index is 5.93. The van der Waals surface area contributed by atoms with Crippen molar-refractivity contribution in [2.45, 2.75) is 52.5 Å². The average molecular weight is 263 g/mol. The quantitative estimate of drug-likeness (QED) is 0.893. The van der Waals surface area contributed by atoms with E-state index in [1.807, 2.05) is 0 Å². The Morgan fingerprint density at radius 1 is 1.21 bits per heavy atom. The van der Waals surface area contributed by atoms with Crippen LogP contribution in [0, 0.1) is 5.92 Å². The van der Waals surface area contributed by atoms with Crippen LogP contribution >= 0.6 is 0 Å². The van der Waals surface area contributed by atoms with Gasteiger partial charge in [-0.3, -0.25) is 0 Å². The molecule has 1 aliphatic heterocycles. The SMILES string of the molecule is CCc1nnc(N2CCCC(C)C2CN)nc1CC. The third-order valence-corrected chi connectivity index (χ3v) is 4.11. The smallest absolute Gasteiger partial charge is 0.245 e. The molecule has 1 aromatic heterocycles. The highest BCUT2D eigenvalue weighted by molar-refractivity contribution is 5.33. The molecule has 0 amide bonds. The number of anilines is 1. The van der Waals surface area contributed by atoms with Gasteiger partial charge in [0.2, 0.25) is 5.95 Å². The summed E-state index contributed by atoms with van der Waals surface area (Å²) < 4.78 is 0. The van der Waals surface area contributed by atoms with Gasteiger partial charge in [-0.1, -0.05) is 20.8 Å². The summed E-state index contributed by atoms with van der Waals surface area (Å²) in [6, 6.07) is 0.340. The van der Waals surface area contributed by atoms with Gasteiger partial charge in [0.1, 0.15) is 0 Å². The first-order valence-electron chi connectivity index (χ1n) is 7.40. The largest absolute Gasteiger partial charge is 0.335 e. The van der Waals surface area contributed by atoms with E-state index >= 15 is 0 Å². The number of rotatable bonds is 4. The standard InChI is InChI=1S/C14H25N5/c1-4-11-12(5-2)17-18-14(16-11)19-8-6-7-10(3)13(19)9-15/h10,13H,4-9,15H2,1-3H3. The molecule has 0 aromatic carbocycles. The van der Waals surface area contributed by atoms with Gasteiger partial charge in [-0.05, 0) is 31.6 Å². The first kappa shape index (κ1) is 14.2. The Balaban J connectivity index is 2.29. The van der Waals surface area contributed by atoms with Crippen molar-refractivity contribution in [2.75, 3.05) is 18.0 Å². The van der Waals surface area contributed by atoms with Gasteiger partial charge in [-0.15, -0.1) is 5.10 Å². The van der Waals surface area contributed by atoms with Crippen molar-refractivity contribution in [2.24, 2.45) is 11.7 Å². The molecular formula is C14H25N5. The van der Waals surface area contributed by atoms with Crippen molar-refractivity contribution < 1.29 is 0 Å². The Kier molecular flexibility index (Phi) is 4.69. The van der Waals surface area contributed by atoms with Crippen LogP contribution in [0.25, 0.3) is 0 Å². The number of aryl methyl sites for hydroxylation is 2. The molecule has 2 rings (SSSR count). The summed E-state index contributed by atoms with van der Waals surface area (Å²) in [6.45, 7) is 8.12. The highest BCUT2D eigenvalue weighted by Gasteiger charge is 2.29. The number of nitrogens with zero attached hydrogens (tertiary/aromatic N) is 4. The number of hydrogen-bond donors (Lipinski definition) is 1. The average Bonchev–Trinajstić information content (AvgIpc) is 2.46. The molecule has 5 heteroatoms. The van der Waals surface area contributed by atoms with Crippen molar-refractivity contribution in [3.63, 3.8) is 0 Å². The topological polar surface area (TPSA) is 67.9 Å². The Morgan fingerprint density at radius 3 is 2.58 bits per heavy atom. The molecule has 0 spiro atoms. The predicted molar refractivity (Wildman–Crippen MR) is 77.2 cm³/mol. The molecule has 0 saturated carbocycles. The highest BCUT2D eigenvalue weighted by atomic mass is 15.3. The van der Waals surface area contributed by atoms with Gasteiger partial charge in [0.15, 0.2) is 0 Å². The second-order valence-electron chi connectivity index (χ2n) is 5.33. The van der Waals surface area contributed by atoms with E-state index in [4.69, 9.17) is 10.7 Å². The van der Waals surface area contributed by atoms with Crippen molar-refractivity contribution in [3.05, 3.63) is 11.4 Å². The molecule has 0 bridgehead atoms.